The van der Waals surface area contributed by atoms with Crippen molar-refractivity contribution in [2.24, 2.45) is 0 Å². The van der Waals surface area contributed by atoms with Crippen molar-refractivity contribution in [3.63, 3.8) is 0 Å². The highest BCUT2D eigenvalue weighted by Gasteiger charge is 2.22. The monoisotopic (exact) mass is 374 g/mol. The molecule has 0 spiro atoms. The number of hydrogen-bond acceptors (Lipinski definition) is 4. The minimum atomic E-state index is 0.464. The Hall–Kier alpha value is -2.85. The summed E-state index contributed by atoms with van der Waals surface area (Å²) in [5.74, 6) is 2.12. The lowest BCUT2D eigenvalue weighted by molar-refractivity contribution is 0.215. The van der Waals surface area contributed by atoms with Gasteiger partial charge in [-0.3, -0.25) is 9.88 Å². The van der Waals surface area contributed by atoms with Gasteiger partial charge in [-0.2, -0.15) is 0 Å². The van der Waals surface area contributed by atoms with Crippen LogP contribution in [0, 0.1) is 0 Å². The molecule has 4 heteroatoms. The molecule has 1 unspecified atom stereocenters. The van der Waals surface area contributed by atoms with Crippen molar-refractivity contribution < 1.29 is 9.47 Å². The first-order chi connectivity index (χ1) is 13.7. The molecule has 28 heavy (non-hydrogen) atoms. The molecule has 0 N–H and O–H groups in total. The van der Waals surface area contributed by atoms with E-state index in [1.54, 1.807) is 13.3 Å². The fourth-order valence-corrected chi connectivity index (χ4v) is 3.82. The van der Waals surface area contributed by atoms with Gasteiger partial charge in [0.25, 0.3) is 0 Å². The molecular formula is C24H26N2O2. The SMILES string of the molecule is COc1cc(-c2cccnc2)cc2c1OCCN(CC(C)c1ccccc1)C2. The van der Waals surface area contributed by atoms with Crippen molar-refractivity contribution in [1.29, 1.82) is 0 Å². The molecule has 4 nitrogen and oxygen atoms in total. The molecule has 3 aromatic rings. The van der Waals surface area contributed by atoms with Gasteiger partial charge in [0.2, 0.25) is 0 Å². The fourth-order valence-electron chi connectivity index (χ4n) is 3.82. The van der Waals surface area contributed by atoms with Crippen molar-refractivity contribution in [1.82, 2.24) is 9.88 Å². The third-order valence-corrected chi connectivity index (χ3v) is 5.30. The van der Waals surface area contributed by atoms with E-state index in [1.807, 2.05) is 18.3 Å². The number of methoxy groups -OCH3 is 1. The second kappa shape index (κ2) is 8.44. The number of hydrogen-bond donors (Lipinski definition) is 0. The maximum absolute atomic E-state index is 6.10. The van der Waals surface area contributed by atoms with E-state index < -0.39 is 0 Å². The average molecular weight is 374 g/mol. The third-order valence-electron chi connectivity index (χ3n) is 5.30. The number of benzene rings is 2. The van der Waals surface area contributed by atoms with E-state index in [0.717, 1.165) is 47.8 Å². The smallest absolute Gasteiger partial charge is 0.165 e. The summed E-state index contributed by atoms with van der Waals surface area (Å²) < 4.78 is 11.7. The summed E-state index contributed by atoms with van der Waals surface area (Å²) in [4.78, 5) is 6.72. The molecule has 0 fully saturated rings. The van der Waals surface area contributed by atoms with Crippen molar-refractivity contribution in [2.75, 3.05) is 26.8 Å². The Balaban J connectivity index is 1.61. The summed E-state index contributed by atoms with van der Waals surface area (Å²) in [6, 6.07) is 19.0. The molecule has 4 rings (SSSR count). The highest BCUT2D eigenvalue weighted by molar-refractivity contribution is 5.68. The minimum absolute atomic E-state index is 0.464. The number of pyridine rings is 1. The quantitative estimate of drug-likeness (QED) is 0.645. The first kappa shape index (κ1) is 18.5. The molecule has 1 aromatic heterocycles. The number of aromatic nitrogens is 1. The molecule has 0 bridgehead atoms. The predicted molar refractivity (Wildman–Crippen MR) is 112 cm³/mol. The highest BCUT2D eigenvalue weighted by atomic mass is 16.5. The summed E-state index contributed by atoms with van der Waals surface area (Å²) in [5, 5.41) is 0. The van der Waals surface area contributed by atoms with E-state index in [0.29, 0.717) is 12.5 Å². The van der Waals surface area contributed by atoms with Crippen LogP contribution in [0.1, 0.15) is 24.0 Å². The molecule has 0 radical (unpaired) electrons. The first-order valence-corrected chi connectivity index (χ1v) is 9.76. The van der Waals surface area contributed by atoms with Crippen LogP contribution >= 0.6 is 0 Å². The third kappa shape index (κ3) is 4.02. The second-order valence-electron chi connectivity index (χ2n) is 7.30. The molecule has 2 aromatic carbocycles. The van der Waals surface area contributed by atoms with E-state index in [9.17, 15) is 0 Å². The molecule has 144 valence electrons. The molecule has 0 amide bonds. The molecular weight excluding hydrogens is 348 g/mol. The summed E-state index contributed by atoms with van der Waals surface area (Å²) in [6.07, 6.45) is 3.67. The standard InChI is InChI=1S/C24H26N2O2/c1-18(19-7-4-3-5-8-19)16-26-11-12-28-24-22(17-26)13-21(14-23(24)27-2)20-9-6-10-25-15-20/h3-10,13-15,18H,11-12,16-17H2,1-2H3. The van der Waals surface area contributed by atoms with Gasteiger partial charge in [0.1, 0.15) is 6.61 Å². The Morgan fingerprint density at radius 3 is 2.71 bits per heavy atom. The van der Waals surface area contributed by atoms with Crippen molar-refractivity contribution in [3.8, 4) is 22.6 Å². The van der Waals surface area contributed by atoms with E-state index in [4.69, 9.17) is 9.47 Å². The summed E-state index contributed by atoms with van der Waals surface area (Å²) in [5.41, 5.74) is 4.72. The van der Waals surface area contributed by atoms with Gasteiger partial charge < -0.3 is 9.47 Å². The Morgan fingerprint density at radius 1 is 1.11 bits per heavy atom. The van der Waals surface area contributed by atoms with Crippen LogP contribution in [0.5, 0.6) is 11.5 Å². The summed E-state index contributed by atoms with van der Waals surface area (Å²) >= 11 is 0. The highest BCUT2D eigenvalue weighted by Crippen LogP contribution is 2.38. The molecule has 1 atom stereocenters. The Kier molecular flexibility index (Phi) is 5.58. The van der Waals surface area contributed by atoms with Gasteiger partial charge in [0.05, 0.1) is 7.11 Å². The summed E-state index contributed by atoms with van der Waals surface area (Å²) in [7, 11) is 1.70. The molecule has 0 saturated carbocycles. The van der Waals surface area contributed by atoms with Crippen LogP contribution in [0.25, 0.3) is 11.1 Å². The zero-order chi connectivity index (χ0) is 19.3. The molecule has 2 heterocycles. The Morgan fingerprint density at radius 2 is 1.96 bits per heavy atom. The first-order valence-electron chi connectivity index (χ1n) is 9.76. The molecule has 1 aliphatic heterocycles. The normalized spacial score (nSPS) is 15.2. The fraction of sp³-hybridized carbons (Fsp3) is 0.292. The lowest BCUT2D eigenvalue weighted by Gasteiger charge is -2.24. The van der Waals surface area contributed by atoms with Gasteiger partial charge in [-0.15, -0.1) is 0 Å². The van der Waals surface area contributed by atoms with Crippen LogP contribution in [0.15, 0.2) is 67.0 Å². The van der Waals surface area contributed by atoms with Gasteiger partial charge in [0, 0.05) is 43.2 Å². The van der Waals surface area contributed by atoms with Crippen molar-refractivity contribution in [3.05, 3.63) is 78.1 Å². The maximum Gasteiger partial charge on any atom is 0.165 e. The number of fused-ring (bicyclic) bond motifs is 1. The topological polar surface area (TPSA) is 34.6 Å². The van der Waals surface area contributed by atoms with Gasteiger partial charge in [-0.05, 0) is 35.2 Å². The van der Waals surface area contributed by atoms with Crippen molar-refractivity contribution >= 4 is 0 Å². The lowest BCUT2D eigenvalue weighted by Crippen LogP contribution is -2.29. The number of rotatable bonds is 5. The van der Waals surface area contributed by atoms with E-state index in [-0.39, 0.29) is 0 Å². The van der Waals surface area contributed by atoms with E-state index in [2.05, 4.69) is 59.3 Å². The largest absolute Gasteiger partial charge is 0.493 e. The van der Waals surface area contributed by atoms with Gasteiger partial charge in [-0.1, -0.05) is 43.3 Å². The molecule has 0 aliphatic carbocycles. The number of ether oxygens (including phenoxy) is 2. The zero-order valence-corrected chi connectivity index (χ0v) is 16.5. The van der Waals surface area contributed by atoms with E-state index >= 15 is 0 Å². The minimum Gasteiger partial charge on any atom is -0.493 e. The number of nitrogens with zero attached hydrogens (tertiary/aromatic N) is 2. The average Bonchev–Trinajstić information content (AvgIpc) is 2.96. The van der Waals surface area contributed by atoms with E-state index in [1.165, 1.54) is 5.56 Å². The predicted octanol–water partition coefficient (Wildman–Crippen LogP) is 4.76. The van der Waals surface area contributed by atoms with Crippen molar-refractivity contribution in [2.45, 2.75) is 19.4 Å². The van der Waals surface area contributed by atoms with Crippen LogP contribution in [-0.4, -0.2) is 36.7 Å². The maximum atomic E-state index is 6.10. The van der Waals surface area contributed by atoms with Gasteiger partial charge in [0.15, 0.2) is 11.5 Å². The van der Waals surface area contributed by atoms with Crippen LogP contribution in [0.4, 0.5) is 0 Å². The van der Waals surface area contributed by atoms with Gasteiger partial charge >= 0.3 is 0 Å². The van der Waals surface area contributed by atoms with Crippen LogP contribution < -0.4 is 9.47 Å². The second-order valence-corrected chi connectivity index (χ2v) is 7.30. The molecule has 1 aliphatic rings. The lowest BCUT2D eigenvalue weighted by atomic mass is 9.99. The van der Waals surface area contributed by atoms with Crippen LogP contribution in [0.2, 0.25) is 0 Å². The summed E-state index contributed by atoms with van der Waals surface area (Å²) in [6.45, 7) is 5.69. The Bertz CT molecular complexity index is 913. The zero-order valence-electron chi connectivity index (χ0n) is 16.5. The van der Waals surface area contributed by atoms with Crippen LogP contribution in [0.3, 0.4) is 0 Å². The molecule has 0 saturated heterocycles. The Labute approximate surface area is 166 Å². The van der Waals surface area contributed by atoms with Gasteiger partial charge in [-0.25, -0.2) is 0 Å². The van der Waals surface area contributed by atoms with Crippen LogP contribution in [-0.2, 0) is 6.54 Å².